The molecule has 0 unspecified atom stereocenters. The van der Waals surface area contributed by atoms with E-state index in [9.17, 15) is 9.59 Å². The van der Waals surface area contributed by atoms with Gasteiger partial charge in [0.05, 0.1) is 24.1 Å². The number of ketones is 1. The highest BCUT2D eigenvalue weighted by Gasteiger charge is 2.35. The lowest BCUT2D eigenvalue weighted by atomic mass is 10.0. The Morgan fingerprint density at radius 3 is 2.62 bits per heavy atom. The van der Waals surface area contributed by atoms with Crippen LogP contribution in [-0.2, 0) is 4.79 Å². The van der Waals surface area contributed by atoms with Gasteiger partial charge in [0.25, 0.3) is 5.91 Å². The van der Waals surface area contributed by atoms with Gasteiger partial charge in [-0.05, 0) is 37.4 Å². The van der Waals surface area contributed by atoms with Gasteiger partial charge in [-0.25, -0.2) is 4.68 Å². The number of para-hydroxylation sites is 2. The Balaban J connectivity index is 1.41. The number of thiophene rings is 1. The monoisotopic (exact) mass is 531 g/mol. The number of anilines is 2. The maximum Gasteiger partial charge on any atom is 0.256 e. The van der Waals surface area contributed by atoms with Crippen molar-refractivity contribution in [2.24, 2.45) is 0 Å². The van der Waals surface area contributed by atoms with E-state index in [1.807, 2.05) is 67.8 Å². The van der Waals surface area contributed by atoms with Gasteiger partial charge in [-0.15, -0.1) is 16.4 Å². The fourth-order valence-corrected chi connectivity index (χ4v) is 5.63. The Bertz CT molecular complexity index is 1480. The summed E-state index contributed by atoms with van der Waals surface area (Å²) in [5.41, 5.74) is 3.54. The minimum Gasteiger partial charge on any atom is -0.495 e. The van der Waals surface area contributed by atoms with E-state index in [-0.39, 0.29) is 17.4 Å². The molecule has 1 amide bonds. The molecular weight excluding hydrogens is 506 g/mol. The van der Waals surface area contributed by atoms with Crippen LogP contribution in [0.3, 0.4) is 0 Å². The molecule has 1 atom stereocenters. The Morgan fingerprint density at radius 2 is 1.89 bits per heavy atom. The van der Waals surface area contributed by atoms with Crippen LogP contribution in [0.15, 0.2) is 82.5 Å². The number of Topliss-reactive ketones (excluding diaryl/α,β-unsaturated/α-hetero) is 1. The first-order valence-corrected chi connectivity index (χ1v) is 13.5. The maximum atomic E-state index is 13.6. The fraction of sp³-hybridized carbons (Fsp3) is 0.185. The van der Waals surface area contributed by atoms with Crippen molar-refractivity contribution in [2.75, 3.05) is 23.5 Å². The predicted octanol–water partition coefficient (Wildman–Crippen LogP) is 5.56. The normalized spacial score (nSPS) is 14.6. The quantitative estimate of drug-likeness (QED) is 0.227. The van der Waals surface area contributed by atoms with Crippen molar-refractivity contribution in [3.8, 4) is 5.75 Å². The molecule has 3 heterocycles. The lowest BCUT2D eigenvalue weighted by molar-refractivity contribution is -0.113. The number of benzene rings is 2. The number of fused-ring (bicyclic) bond motifs is 1. The van der Waals surface area contributed by atoms with Crippen molar-refractivity contribution >= 4 is 46.4 Å². The largest absolute Gasteiger partial charge is 0.495 e. The lowest BCUT2D eigenvalue weighted by Crippen LogP contribution is -2.31. The molecule has 2 aromatic carbocycles. The molecule has 188 valence electrons. The van der Waals surface area contributed by atoms with Crippen molar-refractivity contribution in [3.63, 3.8) is 0 Å². The van der Waals surface area contributed by atoms with Gasteiger partial charge in [-0.2, -0.15) is 4.98 Å². The number of hydrogen-bond acceptors (Lipinski definition) is 8. The zero-order valence-corrected chi connectivity index (χ0v) is 22.2. The van der Waals surface area contributed by atoms with Crippen LogP contribution in [0.1, 0.15) is 33.8 Å². The van der Waals surface area contributed by atoms with Crippen molar-refractivity contribution in [1.82, 2.24) is 14.8 Å². The molecule has 0 saturated heterocycles. The van der Waals surface area contributed by atoms with Crippen LogP contribution in [0.25, 0.3) is 0 Å². The Morgan fingerprint density at radius 1 is 1.11 bits per heavy atom. The molecule has 5 rings (SSSR count). The van der Waals surface area contributed by atoms with Gasteiger partial charge in [0, 0.05) is 16.1 Å². The predicted molar refractivity (Wildman–Crippen MR) is 147 cm³/mol. The summed E-state index contributed by atoms with van der Waals surface area (Å²) in [6, 6.07) is 18.2. The molecule has 37 heavy (non-hydrogen) atoms. The number of rotatable bonds is 8. The molecule has 8 nitrogen and oxygen atoms in total. The summed E-state index contributed by atoms with van der Waals surface area (Å²) in [4.78, 5) is 31.8. The summed E-state index contributed by atoms with van der Waals surface area (Å²) in [5.74, 6) is 1.05. The van der Waals surface area contributed by atoms with Gasteiger partial charge in [0.1, 0.15) is 11.8 Å². The molecule has 0 spiro atoms. The number of methoxy groups -OCH3 is 1. The van der Waals surface area contributed by atoms with Crippen LogP contribution in [0.2, 0.25) is 0 Å². The van der Waals surface area contributed by atoms with Gasteiger partial charge >= 0.3 is 0 Å². The number of nitrogens with zero attached hydrogens (tertiary/aromatic N) is 3. The van der Waals surface area contributed by atoms with Crippen LogP contribution in [0.4, 0.5) is 11.6 Å². The topological polar surface area (TPSA) is 98.1 Å². The van der Waals surface area contributed by atoms with Crippen molar-refractivity contribution in [2.45, 2.75) is 25.0 Å². The highest BCUT2D eigenvalue weighted by molar-refractivity contribution is 7.99. The van der Waals surface area contributed by atoms with Crippen LogP contribution in [-0.4, -0.2) is 39.3 Å². The summed E-state index contributed by atoms with van der Waals surface area (Å²) in [6.07, 6.45) is 0. The number of carbonyl (C=O) groups excluding carboxylic acids is 2. The van der Waals surface area contributed by atoms with E-state index in [4.69, 9.17) is 9.84 Å². The molecule has 0 bridgehead atoms. The van der Waals surface area contributed by atoms with Gasteiger partial charge in [0.2, 0.25) is 11.1 Å². The molecule has 2 N–H and O–H groups in total. The van der Waals surface area contributed by atoms with E-state index in [0.29, 0.717) is 39.4 Å². The summed E-state index contributed by atoms with van der Waals surface area (Å²) >= 11 is 2.81. The molecule has 0 fully saturated rings. The highest BCUT2D eigenvalue weighted by atomic mass is 32.2. The molecule has 0 aliphatic carbocycles. The van der Waals surface area contributed by atoms with Crippen molar-refractivity contribution in [1.29, 1.82) is 0 Å². The number of carbonyl (C=O) groups is 2. The molecular formula is C27H25N5O3S2. The van der Waals surface area contributed by atoms with E-state index < -0.39 is 6.04 Å². The van der Waals surface area contributed by atoms with Gasteiger partial charge in [0.15, 0.2) is 5.78 Å². The zero-order valence-electron chi connectivity index (χ0n) is 20.5. The molecule has 1 aliphatic heterocycles. The van der Waals surface area contributed by atoms with E-state index in [2.05, 4.69) is 15.6 Å². The van der Waals surface area contributed by atoms with Crippen LogP contribution in [0.5, 0.6) is 5.75 Å². The molecule has 10 heteroatoms. The number of thioether (sulfide) groups is 1. The van der Waals surface area contributed by atoms with E-state index in [0.717, 1.165) is 10.4 Å². The summed E-state index contributed by atoms with van der Waals surface area (Å²) in [6.45, 7) is 3.84. The second kappa shape index (κ2) is 10.6. The van der Waals surface area contributed by atoms with Gasteiger partial charge < -0.3 is 15.4 Å². The molecule has 4 aromatic rings. The first-order valence-electron chi connectivity index (χ1n) is 11.6. The number of amides is 1. The smallest absolute Gasteiger partial charge is 0.256 e. The maximum absolute atomic E-state index is 13.6. The standard InChI is InChI=1S/C27H25N5O3S2/c1-16-10-12-18(13-11-16)20(33)15-37-27-30-26-28-17(2)23(24(32(26)31-27)22-9-6-14-36-22)25(34)29-19-7-4-5-8-21(19)35-3/h4-14,24H,15H2,1-3H3,(H,29,34)(H,28,30,31)/t24-/m1/s1. The minimum absolute atomic E-state index is 0.00622. The van der Waals surface area contributed by atoms with Crippen molar-refractivity contribution in [3.05, 3.63) is 93.3 Å². The summed E-state index contributed by atoms with van der Waals surface area (Å²) < 4.78 is 7.12. The average Bonchev–Trinajstić information content (AvgIpc) is 3.57. The minimum atomic E-state index is -0.472. The third-order valence-corrected chi connectivity index (χ3v) is 7.71. The number of aryl methyl sites for hydroxylation is 1. The Hall–Kier alpha value is -3.89. The number of hydrogen-bond donors (Lipinski definition) is 2. The van der Waals surface area contributed by atoms with E-state index in [1.54, 1.807) is 23.9 Å². The lowest BCUT2D eigenvalue weighted by Gasteiger charge is -2.27. The third kappa shape index (κ3) is 5.16. The Kier molecular flexibility index (Phi) is 7.11. The Labute approximate surface area is 222 Å². The molecule has 2 aromatic heterocycles. The second-order valence-electron chi connectivity index (χ2n) is 8.48. The fourth-order valence-electron chi connectivity index (χ4n) is 4.09. The first kappa shape index (κ1) is 24.8. The third-order valence-electron chi connectivity index (χ3n) is 5.95. The number of aromatic nitrogens is 3. The van der Waals surface area contributed by atoms with Crippen molar-refractivity contribution < 1.29 is 14.3 Å². The van der Waals surface area contributed by atoms with Crippen LogP contribution >= 0.6 is 23.1 Å². The summed E-state index contributed by atoms with van der Waals surface area (Å²) in [5, 5.41) is 13.3. The zero-order chi connectivity index (χ0) is 25.9. The van der Waals surface area contributed by atoms with E-state index >= 15 is 0 Å². The first-order chi connectivity index (χ1) is 17.9. The number of nitrogens with one attached hydrogen (secondary N) is 2. The number of ether oxygens (including phenoxy) is 1. The highest BCUT2D eigenvalue weighted by Crippen LogP contribution is 2.39. The second-order valence-corrected chi connectivity index (χ2v) is 10.4. The molecule has 0 saturated carbocycles. The summed E-state index contributed by atoms with van der Waals surface area (Å²) in [7, 11) is 1.57. The average molecular weight is 532 g/mol. The van der Waals surface area contributed by atoms with Crippen LogP contribution < -0.4 is 15.4 Å². The SMILES string of the molecule is COc1ccccc1NC(=O)C1=C(C)Nc2nc(SCC(=O)c3ccc(C)cc3)nn2[C@@H]1c1cccs1. The molecule has 0 radical (unpaired) electrons. The number of allylic oxidation sites excluding steroid dienone is 1. The molecule has 1 aliphatic rings. The van der Waals surface area contributed by atoms with E-state index in [1.165, 1.54) is 23.1 Å². The van der Waals surface area contributed by atoms with Gasteiger partial charge in [-0.3, -0.25) is 9.59 Å². The van der Waals surface area contributed by atoms with Crippen LogP contribution in [0, 0.1) is 6.92 Å². The van der Waals surface area contributed by atoms with Gasteiger partial charge in [-0.1, -0.05) is 59.8 Å².